The first-order valence-electron chi connectivity index (χ1n) is 4.43. The van der Waals surface area contributed by atoms with Gasteiger partial charge in [0, 0.05) is 24.7 Å². The number of rotatable bonds is 0. The summed E-state index contributed by atoms with van der Waals surface area (Å²) < 4.78 is 0. The van der Waals surface area contributed by atoms with Gasteiger partial charge in [-0.05, 0) is 12.8 Å². The Labute approximate surface area is 70.8 Å². The van der Waals surface area contributed by atoms with Gasteiger partial charge in [0.15, 0.2) is 0 Å². The SMILES string of the molecule is O=C1CCC2C(=O)CCC1C2O. The van der Waals surface area contributed by atoms with E-state index in [4.69, 9.17) is 0 Å². The van der Waals surface area contributed by atoms with Crippen molar-refractivity contribution in [2.24, 2.45) is 11.8 Å². The Balaban J connectivity index is 2.23. The van der Waals surface area contributed by atoms with E-state index >= 15 is 0 Å². The molecule has 66 valence electrons. The molecule has 3 nitrogen and oxygen atoms in total. The molecule has 0 spiro atoms. The standard InChI is InChI=1S/C9H12O3/c10-7-3-1-5-8(11)4-2-6(7)9(5)12/h5-6,9,12H,1-4H2. The minimum absolute atomic E-state index is 0.145. The van der Waals surface area contributed by atoms with E-state index in [1.54, 1.807) is 0 Å². The van der Waals surface area contributed by atoms with Gasteiger partial charge in [0.1, 0.15) is 11.6 Å². The van der Waals surface area contributed by atoms with E-state index in [-0.39, 0.29) is 23.4 Å². The van der Waals surface area contributed by atoms with Crippen molar-refractivity contribution in [1.82, 2.24) is 0 Å². The Morgan fingerprint density at radius 3 is 1.83 bits per heavy atom. The van der Waals surface area contributed by atoms with E-state index in [0.717, 1.165) is 0 Å². The van der Waals surface area contributed by atoms with Crippen LogP contribution in [0.25, 0.3) is 0 Å². The summed E-state index contributed by atoms with van der Waals surface area (Å²) in [5.41, 5.74) is 0. The molecule has 2 rings (SSSR count). The van der Waals surface area contributed by atoms with E-state index in [1.807, 2.05) is 0 Å². The van der Waals surface area contributed by atoms with Gasteiger partial charge < -0.3 is 5.11 Å². The van der Waals surface area contributed by atoms with Crippen molar-refractivity contribution in [3.05, 3.63) is 0 Å². The second-order valence-electron chi connectivity index (χ2n) is 3.71. The average Bonchev–Trinajstić information content (AvgIpc) is 2.01. The number of aliphatic hydroxyl groups is 1. The van der Waals surface area contributed by atoms with Crippen LogP contribution in [0.2, 0.25) is 0 Å². The molecule has 0 aromatic carbocycles. The lowest BCUT2D eigenvalue weighted by Crippen LogP contribution is -2.46. The Kier molecular flexibility index (Phi) is 1.76. The van der Waals surface area contributed by atoms with Crippen LogP contribution in [-0.4, -0.2) is 22.8 Å². The first-order chi connectivity index (χ1) is 5.70. The number of aliphatic hydroxyl groups excluding tert-OH is 1. The molecule has 2 fully saturated rings. The van der Waals surface area contributed by atoms with E-state index in [2.05, 4.69) is 0 Å². The highest BCUT2D eigenvalue weighted by Crippen LogP contribution is 2.35. The fraction of sp³-hybridized carbons (Fsp3) is 0.778. The van der Waals surface area contributed by atoms with Crippen LogP contribution in [0.1, 0.15) is 25.7 Å². The van der Waals surface area contributed by atoms with Crippen LogP contribution < -0.4 is 0 Å². The molecule has 0 heterocycles. The first-order valence-corrected chi connectivity index (χ1v) is 4.43. The predicted octanol–water partition coefficient (Wildman–Crippen LogP) is 0.305. The molecule has 0 saturated heterocycles. The summed E-state index contributed by atoms with van der Waals surface area (Å²) in [4.78, 5) is 22.5. The lowest BCUT2D eigenvalue weighted by Gasteiger charge is -2.36. The number of fused-ring (bicyclic) bond motifs is 2. The molecule has 0 amide bonds. The molecule has 2 aliphatic rings. The number of carbonyl (C=O) groups is 2. The number of hydrogen-bond acceptors (Lipinski definition) is 3. The van der Waals surface area contributed by atoms with Gasteiger partial charge in [-0.2, -0.15) is 0 Å². The van der Waals surface area contributed by atoms with Crippen LogP contribution in [0, 0.1) is 11.8 Å². The highest BCUT2D eigenvalue weighted by atomic mass is 16.3. The van der Waals surface area contributed by atoms with Crippen molar-refractivity contribution in [2.45, 2.75) is 31.8 Å². The molecule has 2 atom stereocenters. The van der Waals surface area contributed by atoms with Crippen molar-refractivity contribution in [2.75, 3.05) is 0 Å². The Bertz CT molecular complexity index is 210. The van der Waals surface area contributed by atoms with Crippen LogP contribution in [0.15, 0.2) is 0 Å². The summed E-state index contributed by atoms with van der Waals surface area (Å²) in [5, 5.41) is 9.59. The average molecular weight is 168 g/mol. The smallest absolute Gasteiger partial charge is 0.138 e. The molecular formula is C9H12O3. The van der Waals surface area contributed by atoms with Crippen molar-refractivity contribution in [3.63, 3.8) is 0 Å². The van der Waals surface area contributed by atoms with Crippen molar-refractivity contribution in [1.29, 1.82) is 0 Å². The molecule has 0 radical (unpaired) electrons. The lowest BCUT2D eigenvalue weighted by molar-refractivity contribution is -0.145. The van der Waals surface area contributed by atoms with Crippen LogP contribution in [-0.2, 0) is 9.59 Å². The maximum atomic E-state index is 11.3. The summed E-state index contributed by atoms with van der Waals surface area (Å²) in [7, 11) is 0. The lowest BCUT2D eigenvalue weighted by atomic mass is 9.69. The van der Waals surface area contributed by atoms with Gasteiger partial charge >= 0.3 is 0 Å². The molecule has 0 aliphatic heterocycles. The molecular weight excluding hydrogens is 156 g/mol. The highest BCUT2D eigenvalue weighted by Gasteiger charge is 2.44. The third kappa shape index (κ3) is 1.00. The number of carbonyl (C=O) groups excluding carboxylic acids is 2. The molecule has 2 bridgehead atoms. The van der Waals surface area contributed by atoms with Gasteiger partial charge in [-0.15, -0.1) is 0 Å². The zero-order valence-electron chi connectivity index (χ0n) is 6.82. The van der Waals surface area contributed by atoms with E-state index in [0.29, 0.717) is 25.7 Å². The number of Topliss-reactive ketones (excluding diaryl/α,β-unsaturated/α-hetero) is 2. The monoisotopic (exact) mass is 168 g/mol. The van der Waals surface area contributed by atoms with Gasteiger partial charge in [0.25, 0.3) is 0 Å². The van der Waals surface area contributed by atoms with Gasteiger partial charge in [-0.1, -0.05) is 0 Å². The topological polar surface area (TPSA) is 54.4 Å². The second-order valence-corrected chi connectivity index (χ2v) is 3.71. The first kappa shape index (κ1) is 7.92. The minimum atomic E-state index is -0.674. The minimum Gasteiger partial charge on any atom is -0.392 e. The molecule has 12 heavy (non-hydrogen) atoms. The van der Waals surface area contributed by atoms with Crippen molar-refractivity contribution < 1.29 is 14.7 Å². The Morgan fingerprint density at radius 1 is 1.00 bits per heavy atom. The summed E-state index contributed by atoms with van der Waals surface area (Å²) in [6.45, 7) is 0. The molecule has 2 aliphatic carbocycles. The zero-order chi connectivity index (χ0) is 8.72. The molecule has 2 unspecified atom stereocenters. The number of hydrogen-bond donors (Lipinski definition) is 1. The van der Waals surface area contributed by atoms with Gasteiger partial charge in [0.05, 0.1) is 6.10 Å². The van der Waals surface area contributed by atoms with Gasteiger partial charge in [-0.3, -0.25) is 9.59 Å². The van der Waals surface area contributed by atoms with Gasteiger partial charge in [0.2, 0.25) is 0 Å². The zero-order valence-corrected chi connectivity index (χ0v) is 6.82. The Hall–Kier alpha value is -0.700. The van der Waals surface area contributed by atoms with Crippen LogP contribution in [0.4, 0.5) is 0 Å². The van der Waals surface area contributed by atoms with Crippen LogP contribution >= 0.6 is 0 Å². The normalized spacial score (nSPS) is 41.6. The van der Waals surface area contributed by atoms with Crippen molar-refractivity contribution in [3.8, 4) is 0 Å². The quantitative estimate of drug-likeness (QED) is 0.566. The molecule has 0 aromatic rings. The Morgan fingerprint density at radius 2 is 1.42 bits per heavy atom. The summed E-state index contributed by atoms with van der Waals surface area (Å²) in [6.07, 6.45) is 1.42. The van der Waals surface area contributed by atoms with E-state index in [1.165, 1.54) is 0 Å². The fourth-order valence-electron chi connectivity index (χ4n) is 2.29. The number of ketones is 2. The molecule has 0 aromatic heterocycles. The largest absolute Gasteiger partial charge is 0.392 e. The van der Waals surface area contributed by atoms with E-state index < -0.39 is 6.10 Å². The van der Waals surface area contributed by atoms with Gasteiger partial charge in [-0.25, -0.2) is 0 Å². The summed E-state index contributed by atoms with van der Waals surface area (Å²) in [5.74, 6) is -0.180. The third-order valence-electron chi connectivity index (χ3n) is 3.06. The maximum Gasteiger partial charge on any atom is 0.138 e. The fourth-order valence-corrected chi connectivity index (χ4v) is 2.29. The molecule has 2 saturated carbocycles. The summed E-state index contributed by atoms with van der Waals surface area (Å²) in [6, 6.07) is 0. The van der Waals surface area contributed by atoms with Crippen LogP contribution in [0.3, 0.4) is 0 Å². The second kappa shape index (κ2) is 2.66. The molecule has 3 heteroatoms. The highest BCUT2D eigenvalue weighted by molar-refractivity contribution is 5.90. The predicted molar refractivity (Wildman–Crippen MR) is 41.5 cm³/mol. The van der Waals surface area contributed by atoms with Crippen LogP contribution in [0.5, 0.6) is 0 Å². The summed E-state index contributed by atoms with van der Waals surface area (Å²) >= 11 is 0. The third-order valence-corrected chi connectivity index (χ3v) is 3.06. The maximum absolute atomic E-state index is 11.3. The van der Waals surface area contributed by atoms with E-state index in [9.17, 15) is 14.7 Å². The van der Waals surface area contributed by atoms with Crippen molar-refractivity contribution >= 4 is 11.6 Å². The molecule has 1 N–H and O–H groups in total.